The molecule has 2 heteroatoms. The summed E-state index contributed by atoms with van der Waals surface area (Å²) >= 11 is 0. The number of hydrazine groups is 1. The molecule has 0 radical (unpaired) electrons. The third-order valence-corrected chi connectivity index (χ3v) is 4.29. The topological polar surface area (TPSA) is 38.0 Å². The van der Waals surface area contributed by atoms with Crippen molar-refractivity contribution in [3.63, 3.8) is 0 Å². The fourth-order valence-corrected chi connectivity index (χ4v) is 2.92. The van der Waals surface area contributed by atoms with Gasteiger partial charge in [-0.05, 0) is 36.5 Å². The maximum atomic E-state index is 5.24. The van der Waals surface area contributed by atoms with Crippen LogP contribution in [0.4, 0.5) is 0 Å². The van der Waals surface area contributed by atoms with Gasteiger partial charge >= 0.3 is 0 Å². The zero-order valence-corrected chi connectivity index (χ0v) is 9.97. The van der Waals surface area contributed by atoms with Gasteiger partial charge in [-0.15, -0.1) is 0 Å². The van der Waals surface area contributed by atoms with Crippen LogP contribution in [0.2, 0.25) is 0 Å². The summed E-state index contributed by atoms with van der Waals surface area (Å²) in [5.74, 6) is 7.17. The minimum Gasteiger partial charge on any atom is -0.271 e. The summed E-state index contributed by atoms with van der Waals surface area (Å²) in [6, 6.07) is 0. The zero-order chi connectivity index (χ0) is 10.6. The van der Waals surface area contributed by atoms with Crippen molar-refractivity contribution in [3.8, 4) is 0 Å². The van der Waals surface area contributed by atoms with E-state index in [4.69, 9.17) is 5.84 Å². The first kappa shape index (κ1) is 12.0. The quantitative estimate of drug-likeness (QED) is 0.391. The molecule has 1 aliphatic carbocycles. The SMILES string of the molecule is CCC1CC(CCCCNN)C1(C)C. The predicted molar refractivity (Wildman–Crippen MR) is 61.7 cm³/mol. The van der Waals surface area contributed by atoms with Gasteiger partial charge in [-0.25, -0.2) is 0 Å². The standard InChI is InChI=1S/C12H26N2/c1-4-10-9-11(12(10,2)3)7-5-6-8-14-13/h10-11,14H,4-9,13H2,1-3H3. The monoisotopic (exact) mass is 198 g/mol. The van der Waals surface area contributed by atoms with E-state index in [0.29, 0.717) is 5.41 Å². The molecule has 1 aliphatic rings. The summed E-state index contributed by atoms with van der Waals surface area (Å²) in [6.45, 7) is 8.17. The second-order valence-electron chi connectivity index (χ2n) is 5.31. The molecule has 1 rings (SSSR count). The van der Waals surface area contributed by atoms with Crippen molar-refractivity contribution in [2.75, 3.05) is 6.54 Å². The van der Waals surface area contributed by atoms with Crippen LogP contribution in [0.1, 0.15) is 52.9 Å². The Morgan fingerprint density at radius 3 is 2.50 bits per heavy atom. The highest BCUT2D eigenvalue weighted by atomic mass is 15.2. The molecular formula is C12H26N2. The van der Waals surface area contributed by atoms with Crippen molar-refractivity contribution in [1.29, 1.82) is 0 Å². The zero-order valence-electron chi connectivity index (χ0n) is 9.97. The molecule has 0 aromatic carbocycles. The molecule has 1 saturated carbocycles. The minimum atomic E-state index is 0.602. The second kappa shape index (κ2) is 5.13. The van der Waals surface area contributed by atoms with E-state index in [9.17, 15) is 0 Å². The smallest absolute Gasteiger partial charge is 0.00974 e. The first-order valence-electron chi connectivity index (χ1n) is 6.06. The van der Waals surface area contributed by atoms with Crippen molar-refractivity contribution in [2.24, 2.45) is 23.1 Å². The van der Waals surface area contributed by atoms with Crippen LogP contribution in [0.3, 0.4) is 0 Å². The van der Waals surface area contributed by atoms with Crippen molar-refractivity contribution in [3.05, 3.63) is 0 Å². The molecule has 0 aromatic rings. The van der Waals surface area contributed by atoms with E-state index in [2.05, 4.69) is 26.2 Å². The first-order chi connectivity index (χ1) is 6.62. The molecule has 2 nitrogen and oxygen atoms in total. The van der Waals surface area contributed by atoms with Crippen LogP contribution in [0.25, 0.3) is 0 Å². The Morgan fingerprint density at radius 2 is 2.00 bits per heavy atom. The van der Waals surface area contributed by atoms with Gasteiger partial charge in [0.25, 0.3) is 0 Å². The highest BCUT2D eigenvalue weighted by Crippen LogP contribution is 2.54. The summed E-state index contributed by atoms with van der Waals surface area (Å²) in [4.78, 5) is 0. The highest BCUT2D eigenvalue weighted by Gasteiger charge is 2.45. The van der Waals surface area contributed by atoms with E-state index in [1.54, 1.807) is 0 Å². The Kier molecular flexibility index (Phi) is 4.39. The second-order valence-corrected chi connectivity index (χ2v) is 5.31. The lowest BCUT2D eigenvalue weighted by Crippen LogP contribution is -2.44. The molecule has 0 aliphatic heterocycles. The molecule has 0 bridgehead atoms. The van der Waals surface area contributed by atoms with E-state index < -0.39 is 0 Å². The van der Waals surface area contributed by atoms with E-state index in [1.165, 1.54) is 32.1 Å². The van der Waals surface area contributed by atoms with Crippen molar-refractivity contribution < 1.29 is 0 Å². The lowest BCUT2D eigenvalue weighted by Gasteiger charge is -2.52. The van der Waals surface area contributed by atoms with Crippen LogP contribution in [0, 0.1) is 17.3 Å². The van der Waals surface area contributed by atoms with Crippen molar-refractivity contribution in [1.82, 2.24) is 5.43 Å². The first-order valence-corrected chi connectivity index (χ1v) is 6.06. The minimum absolute atomic E-state index is 0.602. The third kappa shape index (κ3) is 2.48. The van der Waals surface area contributed by atoms with Gasteiger partial charge in [0.15, 0.2) is 0 Å². The van der Waals surface area contributed by atoms with Gasteiger partial charge in [-0.1, -0.05) is 33.6 Å². The van der Waals surface area contributed by atoms with Crippen LogP contribution >= 0.6 is 0 Å². The van der Waals surface area contributed by atoms with Crippen molar-refractivity contribution in [2.45, 2.75) is 52.9 Å². The normalized spacial score (nSPS) is 30.0. The summed E-state index contributed by atoms with van der Waals surface area (Å²) < 4.78 is 0. The van der Waals surface area contributed by atoms with E-state index in [1.807, 2.05) is 0 Å². The molecule has 0 spiro atoms. The Hall–Kier alpha value is -0.0800. The molecule has 84 valence electrons. The molecule has 0 aromatic heterocycles. The van der Waals surface area contributed by atoms with Gasteiger partial charge in [0.2, 0.25) is 0 Å². The largest absolute Gasteiger partial charge is 0.271 e. The molecular weight excluding hydrogens is 172 g/mol. The third-order valence-electron chi connectivity index (χ3n) is 4.29. The predicted octanol–water partition coefficient (Wildman–Crippen LogP) is 2.69. The maximum absolute atomic E-state index is 5.24. The van der Waals surface area contributed by atoms with Crippen LogP contribution < -0.4 is 11.3 Å². The Bertz CT molecular complexity index is 166. The summed E-state index contributed by atoms with van der Waals surface area (Å²) in [5.41, 5.74) is 3.32. The number of hydrogen-bond acceptors (Lipinski definition) is 2. The highest BCUT2D eigenvalue weighted by molar-refractivity contribution is 4.95. The van der Waals surface area contributed by atoms with E-state index in [-0.39, 0.29) is 0 Å². The van der Waals surface area contributed by atoms with Crippen LogP contribution in [-0.2, 0) is 0 Å². The molecule has 0 saturated heterocycles. The summed E-state index contributed by atoms with van der Waals surface area (Å²) in [5, 5.41) is 0. The molecule has 3 N–H and O–H groups in total. The van der Waals surface area contributed by atoms with E-state index >= 15 is 0 Å². The lowest BCUT2D eigenvalue weighted by molar-refractivity contribution is -0.0285. The van der Waals surface area contributed by atoms with Crippen molar-refractivity contribution >= 4 is 0 Å². The summed E-state index contributed by atoms with van der Waals surface area (Å²) in [7, 11) is 0. The van der Waals surface area contributed by atoms with Crippen LogP contribution in [-0.4, -0.2) is 6.54 Å². The van der Waals surface area contributed by atoms with Gasteiger partial charge in [-0.3, -0.25) is 11.3 Å². The van der Waals surface area contributed by atoms with E-state index in [0.717, 1.165) is 18.4 Å². The number of hydrogen-bond donors (Lipinski definition) is 2. The van der Waals surface area contributed by atoms with Gasteiger partial charge in [0, 0.05) is 6.54 Å². The lowest BCUT2D eigenvalue weighted by atomic mass is 9.53. The average Bonchev–Trinajstić information content (AvgIpc) is 2.15. The molecule has 2 unspecified atom stereocenters. The maximum Gasteiger partial charge on any atom is 0.00974 e. The number of nitrogens with one attached hydrogen (secondary N) is 1. The number of nitrogens with two attached hydrogens (primary N) is 1. The Labute approximate surface area is 88.6 Å². The molecule has 2 atom stereocenters. The van der Waals surface area contributed by atoms with Crippen LogP contribution in [0.5, 0.6) is 0 Å². The molecule has 0 heterocycles. The number of unbranched alkanes of at least 4 members (excludes halogenated alkanes) is 1. The van der Waals surface area contributed by atoms with Gasteiger partial charge in [-0.2, -0.15) is 0 Å². The average molecular weight is 198 g/mol. The summed E-state index contributed by atoms with van der Waals surface area (Å²) in [6.07, 6.45) is 6.76. The fraction of sp³-hybridized carbons (Fsp3) is 1.00. The number of rotatable bonds is 6. The van der Waals surface area contributed by atoms with Gasteiger partial charge < -0.3 is 0 Å². The van der Waals surface area contributed by atoms with Crippen LogP contribution in [0.15, 0.2) is 0 Å². The van der Waals surface area contributed by atoms with Gasteiger partial charge in [0.05, 0.1) is 0 Å². The van der Waals surface area contributed by atoms with Gasteiger partial charge in [0.1, 0.15) is 0 Å². The molecule has 14 heavy (non-hydrogen) atoms. The molecule has 0 amide bonds. The molecule has 1 fully saturated rings. The fourth-order valence-electron chi connectivity index (χ4n) is 2.92. The Balaban J connectivity index is 2.15. The Morgan fingerprint density at radius 1 is 1.29 bits per heavy atom.